The van der Waals surface area contributed by atoms with Crippen molar-refractivity contribution in [2.45, 2.75) is 12.6 Å². The van der Waals surface area contributed by atoms with E-state index < -0.39 is 11.7 Å². The summed E-state index contributed by atoms with van der Waals surface area (Å²) in [4.78, 5) is 17.0. The summed E-state index contributed by atoms with van der Waals surface area (Å²) in [6, 6.07) is 11.9. The highest BCUT2D eigenvalue weighted by Crippen LogP contribution is 2.32. The Morgan fingerprint density at radius 3 is 2.56 bits per heavy atom. The topological polar surface area (TPSA) is 35.6 Å². The summed E-state index contributed by atoms with van der Waals surface area (Å²) in [6.07, 6.45) is -3.52. The number of carbonyl (C=O) groups is 1. The van der Waals surface area contributed by atoms with E-state index in [2.05, 4.69) is 10.2 Å². The van der Waals surface area contributed by atoms with E-state index in [1.165, 1.54) is 6.07 Å². The highest BCUT2D eigenvalue weighted by molar-refractivity contribution is 6.00. The summed E-state index contributed by atoms with van der Waals surface area (Å²) in [5, 5.41) is 2.97. The van der Waals surface area contributed by atoms with Crippen molar-refractivity contribution >= 4 is 17.3 Å². The molecular formula is C20H22F3N3O. The molecule has 0 radical (unpaired) electrons. The third-order valence-electron chi connectivity index (χ3n) is 4.63. The van der Waals surface area contributed by atoms with Gasteiger partial charge in [0.15, 0.2) is 0 Å². The van der Waals surface area contributed by atoms with Crippen LogP contribution in [0.2, 0.25) is 0 Å². The number of nitrogens with zero attached hydrogens (tertiary/aromatic N) is 2. The lowest BCUT2D eigenvalue weighted by Gasteiger charge is -2.22. The second-order valence-corrected chi connectivity index (χ2v) is 6.70. The van der Waals surface area contributed by atoms with Crippen molar-refractivity contribution < 1.29 is 18.0 Å². The van der Waals surface area contributed by atoms with E-state index in [0.29, 0.717) is 30.0 Å². The number of likely N-dealkylation sites (N-methyl/N-ethyl adjacent to an activating group) is 1. The summed E-state index contributed by atoms with van der Waals surface area (Å²) in [5.41, 5.74) is 0.520. The number of halogens is 3. The fourth-order valence-corrected chi connectivity index (χ4v) is 3.13. The Balaban J connectivity index is 1.83. The molecule has 3 rings (SSSR count). The summed E-state index contributed by atoms with van der Waals surface area (Å²) in [5.74, 6) is -0.111. The minimum Gasteiger partial charge on any atom is -0.355 e. The maximum atomic E-state index is 13.0. The molecule has 1 heterocycles. The van der Waals surface area contributed by atoms with Crippen LogP contribution in [0.1, 0.15) is 22.3 Å². The molecule has 1 N–H and O–H groups in total. The third-order valence-corrected chi connectivity index (χ3v) is 4.63. The van der Waals surface area contributed by atoms with Gasteiger partial charge in [-0.05, 0) is 50.3 Å². The van der Waals surface area contributed by atoms with Crippen molar-refractivity contribution in [2.24, 2.45) is 0 Å². The van der Waals surface area contributed by atoms with Gasteiger partial charge in [-0.1, -0.05) is 18.2 Å². The number of benzene rings is 2. The Morgan fingerprint density at radius 1 is 1.00 bits per heavy atom. The number of para-hydroxylation sites is 1. The van der Waals surface area contributed by atoms with Crippen LogP contribution in [-0.2, 0) is 6.18 Å². The van der Waals surface area contributed by atoms with E-state index in [4.69, 9.17) is 0 Å². The lowest BCUT2D eigenvalue weighted by atomic mass is 10.1. The normalized spacial score (nSPS) is 16.1. The van der Waals surface area contributed by atoms with Crippen LogP contribution >= 0.6 is 0 Å². The zero-order valence-electron chi connectivity index (χ0n) is 15.1. The van der Waals surface area contributed by atoms with E-state index in [-0.39, 0.29) is 5.91 Å². The Morgan fingerprint density at radius 2 is 1.78 bits per heavy atom. The van der Waals surface area contributed by atoms with Crippen LogP contribution in [-0.4, -0.2) is 48.9 Å². The molecule has 0 bridgehead atoms. The highest BCUT2D eigenvalue weighted by Gasteiger charge is 2.30. The third kappa shape index (κ3) is 4.80. The van der Waals surface area contributed by atoms with Crippen LogP contribution in [0, 0.1) is 0 Å². The Bertz CT molecular complexity index is 807. The fraction of sp³-hybridized carbons (Fsp3) is 0.350. The van der Waals surface area contributed by atoms with Crippen LogP contribution in [0.25, 0.3) is 0 Å². The van der Waals surface area contributed by atoms with Crippen molar-refractivity contribution in [1.29, 1.82) is 0 Å². The van der Waals surface area contributed by atoms with Gasteiger partial charge < -0.3 is 15.1 Å². The molecule has 4 nitrogen and oxygen atoms in total. The molecule has 1 aliphatic heterocycles. The molecule has 1 saturated heterocycles. The Hall–Kier alpha value is -2.54. The molecule has 2 aromatic carbocycles. The lowest BCUT2D eigenvalue weighted by Crippen LogP contribution is -2.34. The monoisotopic (exact) mass is 377 g/mol. The molecule has 0 atom stereocenters. The standard InChI is InChI=1S/C20H22F3N3O/c1-25-10-5-11-26(13-12-25)19(27)17-8-2-3-9-18(17)24-16-7-4-6-15(14-16)20(21,22)23/h2-4,6-9,14,24H,5,10-13H2,1H3. The molecular weight excluding hydrogens is 355 g/mol. The van der Waals surface area contributed by atoms with Crippen molar-refractivity contribution in [3.8, 4) is 0 Å². The van der Waals surface area contributed by atoms with Gasteiger partial charge in [0.2, 0.25) is 0 Å². The van der Waals surface area contributed by atoms with E-state index in [1.54, 1.807) is 35.2 Å². The van der Waals surface area contributed by atoms with Gasteiger partial charge in [0.25, 0.3) is 5.91 Å². The maximum Gasteiger partial charge on any atom is 0.416 e. The van der Waals surface area contributed by atoms with Gasteiger partial charge in [-0.2, -0.15) is 13.2 Å². The molecule has 0 spiro atoms. The van der Waals surface area contributed by atoms with Gasteiger partial charge in [-0.15, -0.1) is 0 Å². The first-order valence-electron chi connectivity index (χ1n) is 8.86. The van der Waals surface area contributed by atoms with Crippen molar-refractivity contribution in [2.75, 3.05) is 38.5 Å². The first-order valence-corrected chi connectivity index (χ1v) is 8.86. The van der Waals surface area contributed by atoms with Crippen LogP contribution in [0.4, 0.5) is 24.5 Å². The smallest absolute Gasteiger partial charge is 0.355 e. The number of anilines is 2. The quantitative estimate of drug-likeness (QED) is 0.870. The van der Waals surface area contributed by atoms with Crippen LogP contribution in [0.5, 0.6) is 0 Å². The summed E-state index contributed by atoms with van der Waals surface area (Å²) >= 11 is 0. The highest BCUT2D eigenvalue weighted by atomic mass is 19.4. The molecule has 1 aliphatic rings. The van der Waals surface area contributed by atoms with Gasteiger partial charge >= 0.3 is 6.18 Å². The number of hydrogen-bond donors (Lipinski definition) is 1. The molecule has 144 valence electrons. The van der Waals surface area contributed by atoms with Crippen molar-refractivity contribution in [3.05, 3.63) is 59.7 Å². The number of hydrogen-bond acceptors (Lipinski definition) is 3. The lowest BCUT2D eigenvalue weighted by molar-refractivity contribution is -0.137. The van der Waals surface area contributed by atoms with Gasteiger partial charge in [0, 0.05) is 25.3 Å². The van der Waals surface area contributed by atoms with Gasteiger partial charge in [-0.3, -0.25) is 4.79 Å². The number of rotatable bonds is 3. The maximum absolute atomic E-state index is 13.0. The van der Waals surface area contributed by atoms with Crippen LogP contribution in [0.3, 0.4) is 0 Å². The summed E-state index contributed by atoms with van der Waals surface area (Å²) < 4.78 is 38.8. The molecule has 0 unspecified atom stereocenters. The summed E-state index contributed by atoms with van der Waals surface area (Å²) in [6.45, 7) is 3.04. The van der Waals surface area contributed by atoms with E-state index >= 15 is 0 Å². The number of carbonyl (C=O) groups excluding carboxylic acids is 1. The molecule has 7 heteroatoms. The van der Waals surface area contributed by atoms with E-state index in [9.17, 15) is 18.0 Å². The zero-order chi connectivity index (χ0) is 19.4. The average Bonchev–Trinajstić information content (AvgIpc) is 2.86. The predicted molar refractivity (Wildman–Crippen MR) is 99.2 cm³/mol. The van der Waals surface area contributed by atoms with E-state index in [1.807, 2.05) is 7.05 Å². The predicted octanol–water partition coefficient (Wildman–Crippen LogP) is 4.23. The number of nitrogens with one attached hydrogen (secondary N) is 1. The second-order valence-electron chi connectivity index (χ2n) is 6.70. The number of amides is 1. The van der Waals surface area contributed by atoms with E-state index in [0.717, 1.165) is 31.6 Å². The van der Waals surface area contributed by atoms with Crippen LogP contribution < -0.4 is 5.32 Å². The van der Waals surface area contributed by atoms with Gasteiger partial charge in [-0.25, -0.2) is 0 Å². The first kappa shape index (κ1) is 19.2. The SMILES string of the molecule is CN1CCCN(C(=O)c2ccccc2Nc2cccc(C(F)(F)F)c2)CC1. The van der Waals surface area contributed by atoms with Gasteiger partial charge in [0.05, 0.1) is 16.8 Å². The molecule has 27 heavy (non-hydrogen) atoms. The van der Waals surface area contributed by atoms with Crippen molar-refractivity contribution in [3.63, 3.8) is 0 Å². The first-order chi connectivity index (χ1) is 12.8. The minimum absolute atomic E-state index is 0.111. The molecule has 1 fully saturated rings. The molecule has 0 aromatic heterocycles. The fourth-order valence-electron chi connectivity index (χ4n) is 3.13. The Labute approximate surface area is 156 Å². The van der Waals surface area contributed by atoms with Crippen molar-refractivity contribution in [1.82, 2.24) is 9.80 Å². The average molecular weight is 377 g/mol. The minimum atomic E-state index is -4.41. The molecule has 0 aliphatic carbocycles. The molecule has 1 amide bonds. The number of alkyl halides is 3. The second kappa shape index (κ2) is 8.00. The summed E-state index contributed by atoms with van der Waals surface area (Å²) in [7, 11) is 2.02. The largest absolute Gasteiger partial charge is 0.416 e. The molecule has 2 aromatic rings. The molecule has 0 saturated carbocycles. The Kier molecular flexibility index (Phi) is 5.70. The van der Waals surface area contributed by atoms with Gasteiger partial charge in [0.1, 0.15) is 0 Å². The zero-order valence-corrected chi connectivity index (χ0v) is 15.1. The van der Waals surface area contributed by atoms with Crippen LogP contribution in [0.15, 0.2) is 48.5 Å².